The molecule has 2 N–H and O–H groups in total. The zero-order valence-electron chi connectivity index (χ0n) is 24.1. The summed E-state index contributed by atoms with van der Waals surface area (Å²) in [7, 11) is 1.51. The Hall–Kier alpha value is -4.33. The SMILES string of the molecule is COc1cc(/C=N\NC(=O)[C@@H](NC(=O)C(c2ccccc2)c2ccccc2)C(C)C)cc(Cl)c1OCc1ccc(Cl)cc1. The monoisotopic (exact) mass is 617 g/mol. The van der Waals surface area contributed by atoms with Crippen molar-refractivity contribution in [2.24, 2.45) is 11.0 Å². The fourth-order valence-corrected chi connectivity index (χ4v) is 4.89. The smallest absolute Gasteiger partial charge is 0.262 e. The van der Waals surface area contributed by atoms with Crippen molar-refractivity contribution < 1.29 is 19.1 Å². The van der Waals surface area contributed by atoms with Gasteiger partial charge in [0.25, 0.3) is 5.91 Å². The van der Waals surface area contributed by atoms with E-state index in [9.17, 15) is 9.59 Å². The Bertz CT molecular complexity index is 1510. The Morgan fingerprint density at radius 3 is 2.02 bits per heavy atom. The van der Waals surface area contributed by atoms with Crippen LogP contribution in [0, 0.1) is 5.92 Å². The predicted molar refractivity (Wildman–Crippen MR) is 171 cm³/mol. The molecule has 0 aliphatic rings. The van der Waals surface area contributed by atoms with Gasteiger partial charge < -0.3 is 14.8 Å². The molecule has 0 fully saturated rings. The number of nitrogens with one attached hydrogen (secondary N) is 2. The molecule has 0 bridgehead atoms. The molecule has 222 valence electrons. The molecular formula is C34H33Cl2N3O4. The normalized spacial score (nSPS) is 11.9. The van der Waals surface area contributed by atoms with Crippen LogP contribution >= 0.6 is 23.2 Å². The first-order valence-electron chi connectivity index (χ1n) is 13.7. The number of hydrogen-bond acceptors (Lipinski definition) is 5. The van der Waals surface area contributed by atoms with Crippen molar-refractivity contribution in [3.8, 4) is 11.5 Å². The molecule has 4 aromatic rings. The molecule has 2 amide bonds. The number of carbonyl (C=O) groups is 2. The van der Waals surface area contributed by atoms with Crippen LogP contribution in [0.5, 0.6) is 11.5 Å². The maximum absolute atomic E-state index is 13.6. The van der Waals surface area contributed by atoms with Crippen LogP contribution in [0.15, 0.2) is 102 Å². The highest BCUT2D eigenvalue weighted by Crippen LogP contribution is 2.36. The van der Waals surface area contributed by atoms with Gasteiger partial charge in [0.05, 0.1) is 24.3 Å². The second-order valence-corrected chi connectivity index (χ2v) is 11.0. The average Bonchev–Trinajstić information content (AvgIpc) is 3.01. The van der Waals surface area contributed by atoms with Gasteiger partial charge in [-0.1, -0.05) is 110 Å². The first-order valence-corrected chi connectivity index (χ1v) is 14.5. The van der Waals surface area contributed by atoms with Crippen molar-refractivity contribution >= 4 is 41.2 Å². The molecule has 7 nitrogen and oxygen atoms in total. The molecule has 0 saturated heterocycles. The first-order chi connectivity index (χ1) is 20.8. The van der Waals surface area contributed by atoms with E-state index < -0.39 is 17.9 Å². The number of halogens is 2. The Kier molecular flexibility index (Phi) is 11.2. The number of ether oxygens (including phenoxy) is 2. The summed E-state index contributed by atoms with van der Waals surface area (Å²) in [6.07, 6.45) is 1.45. The summed E-state index contributed by atoms with van der Waals surface area (Å²) in [6, 6.07) is 28.8. The standard InChI is InChI=1S/C34H33Cl2N3O4/c1-22(2)31(38-33(40)30(25-10-6-4-7-11-25)26-12-8-5-9-13-26)34(41)39-37-20-24-18-28(36)32(29(19-24)42-3)43-21-23-14-16-27(35)17-15-23/h4-20,22,30-31H,21H2,1-3H3,(H,38,40)(H,39,41)/b37-20-/t31-/m0/s1. The lowest BCUT2D eigenvalue weighted by Gasteiger charge is -2.24. The van der Waals surface area contributed by atoms with Crippen molar-refractivity contribution in [2.75, 3.05) is 7.11 Å². The summed E-state index contributed by atoms with van der Waals surface area (Å²) in [6.45, 7) is 4.00. The zero-order chi connectivity index (χ0) is 30.8. The molecule has 0 heterocycles. The molecule has 9 heteroatoms. The van der Waals surface area contributed by atoms with Crippen molar-refractivity contribution in [2.45, 2.75) is 32.4 Å². The van der Waals surface area contributed by atoms with E-state index in [2.05, 4.69) is 15.8 Å². The van der Waals surface area contributed by atoms with Gasteiger partial charge >= 0.3 is 0 Å². The summed E-state index contributed by atoms with van der Waals surface area (Å²) in [5.41, 5.74) is 5.71. The van der Waals surface area contributed by atoms with Crippen LogP contribution in [0.3, 0.4) is 0 Å². The number of nitrogens with zero attached hydrogens (tertiary/aromatic N) is 1. The lowest BCUT2D eigenvalue weighted by molar-refractivity contribution is -0.130. The molecule has 43 heavy (non-hydrogen) atoms. The van der Waals surface area contributed by atoms with Crippen LogP contribution in [0.25, 0.3) is 0 Å². The number of amides is 2. The number of hydrogen-bond donors (Lipinski definition) is 2. The van der Waals surface area contributed by atoms with Crippen LogP contribution in [0.4, 0.5) is 0 Å². The highest BCUT2D eigenvalue weighted by molar-refractivity contribution is 6.32. The summed E-state index contributed by atoms with van der Waals surface area (Å²) in [4.78, 5) is 26.8. The van der Waals surface area contributed by atoms with E-state index in [1.165, 1.54) is 13.3 Å². The predicted octanol–water partition coefficient (Wildman–Crippen LogP) is 7.00. The van der Waals surface area contributed by atoms with E-state index in [0.717, 1.165) is 16.7 Å². The van der Waals surface area contributed by atoms with Gasteiger partial charge in [0.2, 0.25) is 5.91 Å². The number of benzene rings is 4. The molecule has 0 saturated carbocycles. The van der Waals surface area contributed by atoms with Crippen LogP contribution < -0.4 is 20.2 Å². The van der Waals surface area contributed by atoms with Gasteiger partial charge in [-0.3, -0.25) is 9.59 Å². The molecule has 0 spiro atoms. The summed E-state index contributed by atoms with van der Waals surface area (Å²) in [5.74, 6) is -0.696. The third-order valence-corrected chi connectivity index (χ3v) is 7.24. The summed E-state index contributed by atoms with van der Waals surface area (Å²) < 4.78 is 11.4. The van der Waals surface area contributed by atoms with Crippen molar-refractivity contribution in [1.29, 1.82) is 0 Å². The highest BCUT2D eigenvalue weighted by Gasteiger charge is 2.29. The van der Waals surface area contributed by atoms with Gasteiger partial charge in [-0.15, -0.1) is 0 Å². The molecule has 0 unspecified atom stereocenters. The van der Waals surface area contributed by atoms with Crippen molar-refractivity contribution in [3.05, 3.63) is 129 Å². The van der Waals surface area contributed by atoms with E-state index in [1.54, 1.807) is 24.3 Å². The van der Waals surface area contributed by atoms with Gasteiger partial charge in [-0.25, -0.2) is 5.43 Å². The average molecular weight is 619 g/mol. The van der Waals surface area contributed by atoms with Crippen LogP contribution in [-0.4, -0.2) is 31.2 Å². The molecule has 0 radical (unpaired) electrons. The van der Waals surface area contributed by atoms with Gasteiger partial charge in [0.1, 0.15) is 12.6 Å². The van der Waals surface area contributed by atoms with E-state index in [1.807, 2.05) is 86.6 Å². The second-order valence-electron chi connectivity index (χ2n) is 10.2. The lowest BCUT2D eigenvalue weighted by Crippen LogP contribution is -2.50. The molecule has 4 rings (SSSR count). The largest absolute Gasteiger partial charge is 0.493 e. The Labute approximate surface area is 261 Å². The zero-order valence-corrected chi connectivity index (χ0v) is 25.6. The van der Waals surface area contributed by atoms with Crippen LogP contribution in [0.1, 0.15) is 42.0 Å². The maximum Gasteiger partial charge on any atom is 0.262 e. The molecule has 0 aromatic heterocycles. The minimum Gasteiger partial charge on any atom is -0.493 e. The lowest BCUT2D eigenvalue weighted by atomic mass is 9.89. The summed E-state index contributed by atoms with van der Waals surface area (Å²) in [5, 5.41) is 8.02. The molecule has 1 atom stereocenters. The van der Waals surface area contributed by atoms with Gasteiger partial charge in [-0.2, -0.15) is 5.10 Å². The molecule has 0 aliphatic carbocycles. The quantitative estimate of drug-likeness (QED) is 0.132. The first kappa shape index (κ1) is 31.6. The van der Waals surface area contributed by atoms with E-state index in [4.69, 9.17) is 32.7 Å². The minimum absolute atomic E-state index is 0.196. The maximum atomic E-state index is 13.6. The fraction of sp³-hybridized carbons (Fsp3) is 0.206. The molecular weight excluding hydrogens is 585 g/mol. The number of rotatable bonds is 12. The van der Waals surface area contributed by atoms with Crippen LogP contribution in [-0.2, 0) is 16.2 Å². The minimum atomic E-state index is -0.818. The van der Waals surface area contributed by atoms with Gasteiger partial charge in [0, 0.05) is 5.02 Å². The van der Waals surface area contributed by atoms with E-state index in [-0.39, 0.29) is 18.4 Å². The second kappa shape index (κ2) is 15.2. The van der Waals surface area contributed by atoms with Crippen molar-refractivity contribution in [1.82, 2.24) is 10.7 Å². The van der Waals surface area contributed by atoms with Crippen molar-refractivity contribution in [3.63, 3.8) is 0 Å². The fourth-order valence-electron chi connectivity index (χ4n) is 4.49. The third-order valence-electron chi connectivity index (χ3n) is 6.71. The topological polar surface area (TPSA) is 89.0 Å². The number of carbonyl (C=O) groups excluding carboxylic acids is 2. The van der Waals surface area contributed by atoms with Crippen LogP contribution in [0.2, 0.25) is 10.0 Å². The molecule has 0 aliphatic heterocycles. The number of methoxy groups -OCH3 is 1. The van der Waals surface area contributed by atoms with Gasteiger partial charge in [-0.05, 0) is 52.4 Å². The Balaban J connectivity index is 1.44. The third kappa shape index (κ3) is 8.60. The number of hydrazone groups is 1. The highest BCUT2D eigenvalue weighted by atomic mass is 35.5. The molecule has 4 aromatic carbocycles. The van der Waals surface area contributed by atoms with E-state index >= 15 is 0 Å². The Morgan fingerprint density at radius 2 is 1.47 bits per heavy atom. The Morgan fingerprint density at radius 1 is 0.860 bits per heavy atom. The van der Waals surface area contributed by atoms with Gasteiger partial charge in [0.15, 0.2) is 11.5 Å². The van der Waals surface area contributed by atoms with E-state index in [0.29, 0.717) is 27.1 Å². The summed E-state index contributed by atoms with van der Waals surface area (Å²) >= 11 is 12.5.